The number of nitrogens with one attached hydrogen (secondary N) is 1. The van der Waals surface area contributed by atoms with Crippen LogP contribution in [0.15, 0.2) is 6.07 Å². The molecule has 3 rings (SSSR count). The Hall–Kier alpha value is -1.60. The lowest BCUT2D eigenvalue weighted by Gasteiger charge is -2.38. The van der Waals surface area contributed by atoms with E-state index >= 15 is 0 Å². The molecular formula is C15H20N4. The first-order valence-electron chi connectivity index (χ1n) is 7.16. The van der Waals surface area contributed by atoms with Gasteiger partial charge in [0.25, 0.3) is 0 Å². The van der Waals surface area contributed by atoms with Crippen molar-refractivity contribution in [3.63, 3.8) is 0 Å². The molecule has 100 valence electrons. The lowest BCUT2D eigenvalue weighted by molar-refractivity contribution is 0.265. The highest BCUT2D eigenvalue weighted by Gasteiger charge is 2.32. The zero-order valence-corrected chi connectivity index (χ0v) is 11.2. The number of hydrogen-bond acceptors (Lipinski definition) is 4. The average Bonchev–Trinajstić information content (AvgIpc) is 2.42. The summed E-state index contributed by atoms with van der Waals surface area (Å²) in [6.07, 6.45) is 7.83. The summed E-state index contributed by atoms with van der Waals surface area (Å²) >= 11 is 0. The summed E-state index contributed by atoms with van der Waals surface area (Å²) in [5.41, 5.74) is 9.18. The Bertz CT molecular complexity index is 526. The number of pyridine rings is 1. The van der Waals surface area contributed by atoms with E-state index < -0.39 is 0 Å². The molecule has 0 unspecified atom stereocenters. The normalized spacial score (nSPS) is 20.0. The summed E-state index contributed by atoms with van der Waals surface area (Å²) in [6, 6.07) is 4.26. The standard InChI is InChI=1S/C15H20N4/c16-9-12-8-11-4-1-2-5-13(11)19-14(12)18-10-15(17)6-3-7-15/h8H,1-7,10,17H2,(H,18,19). The second-order valence-electron chi connectivity index (χ2n) is 5.88. The minimum absolute atomic E-state index is 0.0929. The van der Waals surface area contributed by atoms with Crippen LogP contribution in [-0.4, -0.2) is 17.1 Å². The van der Waals surface area contributed by atoms with Crippen LogP contribution in [0.2, 0.25) is 0 Å². The third-order valence-electron chi connectivity index (χ3n) is 4.38. The molecule has 3 N–H and O–H groups in total. The highest BCUT2D eigenvalue weighted by molar-refractivity contribution is 5.55. The lowest BCUT2D eigenvalue weighted by atomic mass is 9.78. The highest BCUT2D eigenvalue weighted by atomic mass is 15.0. The predicted octanol–water partition coefficient (Wildman–Crippen LogP) is 2.13. The van der Waals surface area contributed by atoms with Gasteiger partial charge in [-0.1, -0.05) is 0 Å². The van der Waals surface area contributed by atoms with Crippen LogP contribution in [0.5, 0.6) is 0 Å². The number of fused-ring (bicyclic) bond motifs is 1. The van der Waals surface area contributed by atoms with Crippen molar-refractivity contribution >= 4 is 5.82 Å². The van der Waals surface area contributed by atoms with Crippen molar-refractivity contribution in [3.8, 4) is 6.07 Å². The Morgan fingerprint density at radius 3 is 2.79 bits per heavy atom. The van der Waals surface area contributed by atoms with Gasteiger partial charge in [-0.15, -0.1) is 0 Å². The fraction of sp³-hybridized carbons (Fsp3) is 0.600. The Kier molecular flexibility index (Phi) is 3.16. The Labute approximate surface area is 114 Å². The molecule has 1 heterocycles. The van der Waals surface area contributed by atoms with E-state index in [-0.39, 0.29) is 5.54 Å². The van der Waals surface area contributed by atoms with Crippen LogP contribution in [-0.2, 0) is 12.8 Å². The third kappa shape index (κ3) is 2.43. The van der Waals surface area contributed by atoms with E-state index in [0.717, 1.165) is 37.2 Å². The summed E-state index contributed by atoms with van der Waals surface area (Å²) in [6.45, 7) is 0.716. The Morgan fingerprint density at radius 2 is 2.11 bits per heavy atom. The van der Waals surface area contributed by atoms with Crippen molar-refractivity contribution in [2.75, 3.05) is 11.9 Å². The van der Waals surface area contributed by atoms with Crippen molar-refractivity contribution in [3.05, 3.63) is 22.9 Å². The molecule has 0 aromatic carbocycles. The van der Waals surface area contributed by atoms with Crippen molar-refractivity contribution in [1.29, 1.82) is 5.26 Å². The second kappa shape index (κ2) is 4.82. The zero-order chi connectivity index (χ0) is 13.3. The number of aromatic nitrogens is 1. The van der Waals surface area contributed by atoms with E-state index in [0.29, 0.717) is 12.1 Å². The maximum atomic E-state index is 9.26. The van der Waals surface area contributed by atoms with Gasteiger partial charge in [0.05, 0.1) is 5.56 Å². The van der Waals surface area contributed by atoms with Gasteiger partial charge in [0, 0.05) is 17.8 Å². The maximum absolute atomic E-state index is 9.26. The second-order valence-corrected chi connectivity index (χ2v) is 5.88. The van der Waals surface area contributed by atoms with Crippen molar-refractivity contribution in [2.24, 2.45) is 5.73 Å². The van der Waals surface area contributed by atoms with E-state index in [1.54, 1.807) is 0 Å². The summed E-state index contributed by atoms with van der Waals surface area (Å²) < 4.78 is 0. The molecule has 2 aliphatic rings. The molecule has 1 fully saturated rings. The third-order valence-corrected chi connectivity index (χ3v) is 4.38. The minimum Gasteiger partial charge on any atom is -0.367 e. The molecule has 0 amide bonds. The molecule has 0 atom stereocenters. The molecule has 1 saturated carbocycles. The number of nitrogens with zero attached hydrogens (tertiary/aromatic N) is 2. The predicted molar refractivity (Wildman–Crippen MR) is 74.9 cm³/mol. The number of nitrogens with two attached hydrogens (primary N) is 1. The van der Waals surface area contributed by atoms with Gasteiger partial charge in [-0.25, -0.2) is 4.98 Å². The molecule has 0 spiro atoms. The fourth-order valence-electron chi connectivity index (χ4n) is 2.92. The number of rotatable bonds is 3. The molecule has 0 bridgehead atoms. The van der Waals surface area contributed by atoms with E-state index in [1.807, 2.05) is 6.07 Å². The van der Waals surface area contributed by atoms with Gasteiger partial charge in [-0.3, -0.25) is 0 Å². The van der Waals surface area contributed by atoms with Gasteiger partial charge in [0.1, 0.15) is 11.9 Å². The van der Waals surface area contributed by atoms with Crippen LogP contribution < -0.4 is 11.1 Å². The van der Waals surface area contributed by atoms with Gasteiger partial charge in [0.15, 0.2) is 0 Å². The summed E-state index contributed by atoms with van der Waals surface area (Å²) in [4.78, 5) is 4.66. The molecule has 0 saturated heterocycles. The summed E-state index contributed by atoms with van der Waals surface area (Å²) in [5, 5.41) is 12.6. The number of anilines is 1. The van der Waals surface area contributed by atoms with Crippen molar-refractivity contribution in [1.82, 2.24) is 4.98 Å². The first kappa shape index (κ1) is 12.4. The molecule has 0 radical (unpaired) electrons. The maximum Gasteiger partial charge on any atom is 0.144 e. The van der Waals surface area contributed by atoms with Crippen LogP contribution in [0.1, 0.15) is 48.9 Å². The SMILES string of the molecule is N#Cc1cc2c(nc1NCC1(N)CCC1)CCCC2. The van der Waals surface area contributed by atoms with Crippen LogP contribution in [0.3, 0.4) is 0 Å². The zero-order valence-electron chi connectivity index (χ0n) is 11.2. The van der Waals surface area contributed by atoms with E-state index in [1.165, 1.54) is 24.8 Å². The van der Waals surface area contributed by atoms with Gasteiger partial charge in [-0.05, 0) is 56.6 Å². The van der Waals surface area contributed by atoms with Gasteiger partial charge in [-0.2, -0.15) is 5.26 Å². The van der Waals surface area contributed by atoms with Crippen molar-refractivity contribution < 1.29 is 0 Å². The molecule has 4 nitrogen and oxygen atoms in total. The van der Waals surface area contributed by atoms with Crippen LogP contribution in [0.25, 0.3) is 0 Å². The largest absolute Gasteiger partial charge is 0.367 e. The molecule has 4 heteroatoms. The molecule has 2 aliphatic carbocycles. The highest BCUT2D eigenvalue weighted by Crippen LogP contribution is 2.30. The smallest absolute Gasteiger partial charge is 0.144 e. The Balaban J connectivity index is 1.81. The number of hydrogen-bond donors (Lipinski definition) is 2. The minimum atomic E-state index is -0.0929. The number of aryl methyl sites for hydroxylation is 2. The van der Waals surface area contributed by atoms with Gasteiger partial charge < -0.3 is 11.1 Å². The molecule has 19 heavy (non-hydrogen) atoms. The summed E-state index contributed by atoms with van der Waals surface area (Å²) in [5.74, 6) is 0.722. The fourth-order valence-corrected chi connectivity index (χ4v) is 2.92. The summed E-state index contributed by atoms with van der Waals surface area (Å²) in [7, 11) is 0. The monoisotopic (exact) mass is 256 g/mol. The van der Waals surface area contributed by atoms with E-state index in [9.17, 15) is 5.26 Å². The lowest BCUT2D eigenvalue weighted by Crippen LogP contribution is -2.52. The first-order chi connectivity index (χ1) is 9.20. The van der Waals surface area contributed by atoms with Crippen LogP contribution >= 0.6 is 0 Å². The first-order valence-corrected chi connectivity index (χ1v) is 7.16. The van der Waals surface area contributed by atoms with Crippen LogP contribution in [0.4, 0.5) is 5.82 Å². The topological polar surface area (TPSA) is 74.7 Å². The van der Waals surface area contributed by atoms with Gasteiger partial charge in [0.2, 0.25) is 0 Å². The molecular weight excluding hydrogens is 236 g/mol. The van der Waals surface area contributed by atoms with E-state index in [4.69, 9.17) is 5.73 Å². The van der Waals surface area contributed by atoms with E-state index in [2.05, 4.69) is 16.4 Å². The number of nitriles is 1. The Morgan fingerprint density at radius 1 is 1.32 bits per heavy atom. The van der Waals surface area contributed by atoms with Gasteiger partial charge >= 0.3 is 0 Å². The van der Waals surface area contributed by atoms with Crippen LogP contribution in [0, 0.1) is 11.3 Å². The van der Waals surface area contributed by atoms with Crippen molar-refractivity contribution in [2.45, 2.75) is 50.5 Å². The molecule has 0 aliphatic heterocycles. The average molecular weight is 256 g/mol. The quantitative estimate of drug-likeness (QED) is 0.868. The molecule has 1 aromatic rings. The molecule has 1 aromatic heterocycles.